The first kappa shape index (κ1) is 16.3. The molecule has 0 aromatic carbocycles. The van der Waals surface area contributed by atoms with E-state index in [2.05, 4.69) is 6.92 Å². The minimum absolute atomic E-state index is 0.139. The van der Waals surface area contributed by atoms with Crippen LogP contribution in [0.2, 0.25) is 0 Å². The fraction of sp³-hybridized carbons (Fsp3) is 0.688. The summed E-state index contributed by atoms with van der Waals surface area (Å²) in [6.07, 6.45) is 4.86. The molecule has 0 unspecified atom stereocenters. The highest BCUT2D eigenvalue weighted by atomic mass is 32.2. The van der Waals surface area contributed by atoms with E-state index in [0.717, 1.165) is 42.8 Å². The first-order valence-electron chi connectivity index (χ1n) is 7.77. The van der Waals surface area contributed by atoms with Crippen LogP contribution in [0.1, 0.15) is 46.0 Å². The zero-order chi connectivity index (χ0) is 15.4. The number of Topliss-reactive ketones (excluding diaryl/α,β-unsaturated/α-hetero) is 1. The van der Waals surface area contributed by atoms with Crippen LogP contribution >= 0.6 is 11.8 Å². The van der Waals surface area contributed by atoms with E-state index in [9.17, 15) is 15.0 Å². The Hall–Kier alpha value is -1.10. The van der Waals surface area contributed by atoms with Crippen molar-refractivity contribution >= 4 is 17.5 Å². The molecule has 0 radical (unpaired) electrons. The van der Waals surface area contributed by atoms with Crippen LogP contribution in [-0.2, 0) is 11.3 Å². The SMILES string of the molecule is CCCSc1cc(O)n(CC2CCC(C(C)=O)CC2)c1O. The molecule has 0 amide bonds. The molecule has 1 aromatic rings. The van der Waals surface area contributed by atoms with Gasteiger partial charge in [0.15, 0.2) is 5.88 Å². The third kappa shape index (κ3) is 3.96. The van der Waals surface area contributed by atoms with E-state index in [-0.39, 0.29) is 17.7 Å². The van der Waals surface area contributed by atoms with Crippen LogP contribution in [0.15, 0.2) is 11.0 Å². The van der Waals surface area contributed by atoms with Gasteiger partial charge >= 0.3 is 0 Å². The highest BCUT2D eigenvalue weighted by Crippen LogP contribution is 2.38. The Balaban J connectivity index is 1.97. The van der Waals surface area contributed by atoms with Crippen LogP contribution in [0.3, 0.4) is 0 Å². The van der Waals surface area contributed by atoms with E-state index in [0.29, 0.717) is 18.2 Å². The number of carbonyl (C=O) groups excluding carboxylic acids is 1. The first-order chi connectivity index (χ1) is 10.0. The van der Waals surface area contributed by atoms with Crippen LogP contribution in [0.4, 0.5) is 0 Å². The summed E-state index contributed by atoms with van der Waals surface area (Å²) in [7, 11) is 0. The number of nitrogens with zero attached hydrogens (tertiary/aromatic N) is 1. The molecule has 2 rings (SSSR count). The van der Waals surface area contributed by atoms with Crippen LogP contribution in [0, 0.1) is 11.8 Å². The van der Waals surface area contributed by atoms with Gasteiger partial charge < -0.3 is 10.2 Å². The standard InChI is InChI=1S/C16H25NO3S/c1-3-8-21-14-9-15(19)17(16(14)20)10-12-4-6-13(7-5-12)11(2)18/h9,12-13,19-20H,3-8,10H2,1-2H3. The van der Waals surface area contributed by atoms with Gasteiger partial charge in [0.25, 0.3) is 0 Å². The zero-order valence-corrected chi connectivity index (χ0v) is 13.7. The number of ketones is 1. The van der Waals surface area contributed by atoms with Gasteiger partial charge in [-0.15, -0.1) is 11.8 Å². The molecule has 1 heterocycles. The molecular formula is C16H25NO3S. The van der Waals surface area contributed by atoms with Gasteiger partial charge in [0, 0.05) is 18.5 Å². The van der Waals surface area contributed by atoms with Gasteiger partial charge in [-0.2, -0.15) is 0 Å². The van der Waals surface area contributed by atoms with Crippen LogP contribution in [0.5, 0.6) is 11.8 Å². The van der Waals surface area contributed by atoms with Crippen molar-refractivity contribution in [3.05, 3.63) is 6.07 Å². The van der Waals surface area contributed by atoms with Crippen LogP contribution in [0.25, 0.3) is 0 Å². The maximum absolute atomic E-state index is 11.4. The normalized spacial score (nSPS) is 22.4. The fourth-order valence-corrected chi connectivity index (χ4v) is 3.86. The molecular weight excluding hydrogens is 286 g/mol. The Morgan fingerprint density at radius 3 is 2.57 bits per heavy atom. The van der Waals surface area contributed by atoms with Gasteiger partial charge in [0.05, 0.1) is 4.90 Å². The van der Waals surface area contributed by atoms with Crippen molar-refractivity contribution in [2.45, 2.75) is 57.4 Å². The lowest BCUT2D eigenvalue weighted by Crippen LogP contribution is -2.22. The van der Waals surface area contributed by atoms with Gasteiger partial charge in [0.2, 0.25) is 5.88 Å². The number of thioether (sulfide) groups is 1. The van der Waals surface area contributed by atoms with E-state index < -0.39 is 0 Å². The predicted molar refractivity (Wildman–Crippen MR) is 84.9 cm³/mol. The van der Waals surface area contributed by atoms with Gasteiger partial charge in [-0.1, -0.05) is 6.92 Å². The third-order valence-electron chi connectivity index (χ3n) is 4.34. The number of rotatable bonds is 6. The van der Waals surface area contributed by atoms with Crippen LogP contribution in [-0.4, -0.2) is 26.3 Å². The Morgan fingerprint density at radius 2 is 2.00 bits per heavy atom. The summed E-state index contributed by atoms with van der Waals surface area (Å²) in [5.41, 5.74) is 0. The summed E-state index contributed by atoms with van der Waals surface area (Å²) in [5, 5.41) is 20.3. The topological polar surface area (TPSA) is 62.5 Å². The molecule has 0 saturated heterocycles. The molecule has 4 nitrogen and oxygen atoms in total. The van der Waals surface area contributed by atoms with E-state index in [1.54, 1.807) is 29.3 Å². The van der Waals surface area contributed by atoms with E-state index in [1.165, 1.54) is 0 Å². The summed E-state index contributed by atoms with van der Waals surface area (Å²) in [6.45, 7) is 4.40. The molecule has 0 atom stereocenters. The summed E-state index contributed by atoms with van der Waals surface area (Å²) in [5.74, 6) is 2.18. The molecule has 1 aliphatic rings. The van der Waals surface area contributed by atoms with Crippen molar-refractivity contribution in [1.29, 1.82) is 0 Å². The Morgan fingerprint density at radius 1 is 1.33 bits per heavy atom. The number of hydrogen-bond donors (Lipinski definition) is 2. The molecule has 0 aliphatic heterocycles. The lowest BCUT2D eigenvalue weighted by molar-refractivity contribution is -0.121. The molecule has 0 spiro atoms. The minimum atomic E-state index is 0.139. The molecule has 1 saturated carbocycles. The highest BCUT2D eigenvalue weighted by molar-refractivity contribution is 7.99. The lowest BCUT2D eigenvalue weighted by Gasteiger charge is -2.27. The van der Waals surface area contributed by atoms with Gasteiger partial charge in [0.1, 0.15) is 5.78 Å². The van der Waals surface area contributed by atoms with Crippen molar-refractivity contribution < 1.29 is 15.0 Å². The van der Waals surface area contributed by atoms with Gasteiger partial charge in [-0.25, -0.2) is 0 Å². The fourth-order valence-electron chi connectivity index (χ4n) is 3.01. The largest absolute Gasteiger partial charge is 0.494 e. The Bertz CT molecular complexity index is 490. The predicted octanol–water partition coefficient (Wildman–Crippen LogP) is 3.80. The monoisotopic (exact) mass is 311 g/mol. The van der Waals surface area contributed by atoms with E-state index >= 15 is 0 Å². The highest BCUT2D eigenvalue weighted by Gasteiger charge is 2.25. The summed E-state index contributed by atoms with van der Waals surface area (Å²) >= 11 is 1.57. The lowest BCUT2D eigenvalue weighted by atomic mass is 9.80. The summed E-state index contributed by atoms with van der Waals surface area (Å²) in [6, 6.07) is 1.65. The maximum Gasteiger partial charge on any atom is 0.208 e. The molecule has 1 aromatic heterocycles. The van der Waals surface area contributed by atoms with Crippen molar-refractivity contribution in [3.63, 3.8) is 0 Å². The Labute approximate surface area is 130 Å². The van der Waals surface area contributed by atoms with E-state index in [4.69, 9.17) is 0 Å². The van der Waals surface area contributed by atoms with Crippen LogP contribution < -0.4 is 0 Å². The van der Waals surface area contributed by atoms with Gasteiger partial charge in [-0.3, -0.25) is 9.36 Å². The van der Waals surface area contributed by atoms with Gasteiger partial charge in [-0.05, 0) is 50.7 Å². The second kappa shape index (κ2) is 7.25. The second-order valence-corrected chi connectivity index (χ2v) is 7.11. The number of hydrogen-bond acceptors (Lipinski definition) is 4. The smallest absolute Gasteiger partial charge is 0.208 e. The number of aromatic nitrogens is 1. The summed E-state index contributed by atoms with van der Waals surface area (Å²) in [4.78, 5) is 12.1. The summed E-state index contributed by atoms with van der Waals surface area (Å²) < 4.78 is 1.61. The number of carbonyl (C=O) groups is 1. The van der Waals surface area contributed by atoms with Crippen molar-refractivity contribution in [1.82, 2.24) is 4.57 Å². The molecule has 21 heavy (non-hydrogen) atoms. The third-order valence-corrected chi connectivity index (χ3v) is 5.56. The maximum atomic E-state index is 11.4. The number of aromatic hydroxyl groups is 2. The molecule has 2 N–H and O–H groups in total. The molecule has 1 fully saturated rings. The average Bonchev–Trinajstić information content (AvgIpc) is 2.73. The molecule has 1 aliphatic carbocycles. The Kier molecular flexibility index (Phi) is 5.62. The van der Waals surface area contributed by atoms with Crippen molar-refractivity contribution in [3.8, 4) is 11.8 Å². The van der Waals surface area contributed by atoms with Crippen molar-refractivity contribution in [2.75, 3.05) is 5.75 Å². The minimum Gasteiger partial charge on any atom is -0.494 e. The molecule has 0 bridgehead atoms. The first-order valence-corrected chi connectivity index (χ1v) is 8.76. The van der Waals surface area contributed by atoms with Crippen molar-refractivity contribution in [2.24, 2.45) is 11.8 Å². The molecule has 5 heteroatoms. The van der Waals surface area contributed by atoms with E-state index in [1.807, 2.05) is 0 Å². The second-order valence-electron chi connectivity index (χ2n) is 5.98. The molecule has 118 valence electrons. The zero-order valence-electron chi connectivity index (χ0n) is 12.8. The quantitative estimate of drug-likeness (QED) is 0.785. The average molecular weight is 311 g/mol.